The van der Waals surface area contributed by atoms with E-state index in [1.807, 2.05) is 17.5 Å². The van der Waals surface area contributed by atoms with Crippen molar-refractivity contribution in [1.29, 1.82) is 0 Å². The summed E-state index contributed by atoms with van der Waals surface area (Å²) in [6.07, 6.45) is 1.49. The second-order valence-electron chi connectivity index (χ2n) is 6.83. The van der Waals surface area contributed by atoms with Gasteiger partial charge in [-0.15, -0.1) is 11.3 Å². The second kappa shape index (κ2) is 7.73. The number of ether oxygens (including phenoxy) is 2. The third-order valence-corrected chi connectivity index (χ3v) is 5.70. The molecule has 0 saturated carbocycles. The Kier molecular flexibility index (Phi) is 4.75. The van der Waals surface area contributed by atoms with Crippen LogP contribution < -0.4 is 26.0 Å². The van der Waals surface area contributed by atoms with E-state index in [1.165, 1.54) is 22.1 Å². The highest BCUT2D eigenvalue weighted by Crippen LogP contribution is 2.34. The van der Waals surface area contributed by atoms with Crippen LogP contribution in [-0.2, 0) is 17.9 Å². The van der Waals surface area contributed by atoms with E-state index in [0.29, 0.717) is 22.7 Å². The summed E-state index contributed by atoms with van der Waals surface area (Å²) in [6.45, 7) is -0.0291. The van der Waals surface area contributed by atoms with Crippen LogP contribution >= 0.6 is 11.3 Å². The predicted octanol–water partition coefficient (Wildman–Crippen LogP) is 2.04. The lowest BCUT2D eigenvalue weighted by molar-refractivity contribution is -0.116. The molecular weight excluding hydrogens is 420 g/mol. The molecule has 1 N–H and O–H groups in total. The lowest BCUT2D eigenvalue weighted by atomic mass is 10.2. The first-order chi connectivity index (χ1) is 15.1. The minimum absolute atomic E-state index is 0.117. The van der Waals surface area contributed by atoms with Crippen LogP contribution in [-0.4, -0.2) is 26.8 Å². The molecule has 10 heteroatoms. The average molecular weight is 436 g/mol. The molecule has 0 unspecified atom stereocenters. The highest BCUT2D eigenvalue weighted by atomic mass is 32.1. The first-order valence-electron chi connectivity index (χ1n) is 9.40. The summed E-state index contributed by atoms with van der Waals surface area (Å²) >= 11 is 1.44. The molecule has 3 aromatic heterocycles. The van der Waals surface area contributed by atoms with Crippen molar-refractivity contribution in [3.63, 3.8) is 0 Å². The zero-order chi connectivity index (χ0) is 21.4. The quantitative estimate of drug-likeness (QED) is 0.513. The highest BCUT2D eigenvalue weighted by molar-refractivity contribution is 7.09. The summed E-state index contributed by atoms with van der Waals surface area (Å²) in [4.78, 5) is 43.8. The van der Waals surface area contributed by atoms with Crippen LogP contribution in [0.15, 0.2) is 63.6 Å². The molecule has 0 saturated heterocycles. The zero-order valence-electron chi connectivity index (χ0n) is 16.1. The fraction of sp³-hybridized carbons (Fsp3) is 0.143. The first kappa shape index (κ1) is 19.1. The molecule has 9 nitrogen and oxygen atoms in total. The molecule has 1 amide bonds. The fourth-order valence-electron chi connectivity index (χ4n) is 3.41. The van der Waals surface area contributed by atoms with Crippen molar-refractivity contribution in [2.24, 2.45) is 0 Å². The monoisotopic (exact) mass is 436 g/mol. The van der Waals surface area contributed by atoms with E-state index in [0.717, 1.165) is 9.44 Å². The fourth-order valence-corrected chi connectivity index (χ4v) is 4.10. The summed E-state index contributed by atoms with van der Waals surface area (Å²) < 4.78 is 13.0. The Labute approximate surface area is 179 Å². The summed E-state index contributed by atoms with van der Waals surface area (Å²) in [6, 6.07) is 12.0. The van der Waals surface area contributed by atoms with Crippen LogP contribution in [0.5, 0.6) is 11.5 Å². The standard InChI is InChI=1S/C21H16N4O5S/c26-18(23-13-5-6-16-17(9-13)30-12-29-16)11-24-15-4-1-7-22-19(15)20(27)25(21(24)28)10-14-3-2-8-31-14/h1-9H,10-12H2,(H,23,26). The van der Waals surface area contributed by atoms with Gasteiger partial charge in [0.05, 0.1) is 12.1 Å². The van der Waals surface area contributed by atoms with E-state index in [1.54, 1.807) is 30.3 Å². The van der Waals surface area contributed by atoms with Crippen molar-refractivity contribution < 1.29 is 14.3 Å². The van der Waals surface area contributed by atoms with Gasteiger partial charge in [-0.25, -0.2) is 9.78 Å². The number of pyridine rings is 1. The molecule has 4 aromatic rings. The van der Waals surface area contributed by atoms with Crippen molar-refractivity contribution >= 4 is 34.0 Å². The molecule has 0 radical (unpaired) electrons. The maximum absolute atomic E-state index is 13.2. The van der Waals surface area contributed by atoms with Crippen LogP contribution in [0.1, 0.15) is 4.88 Å². The van der Waals surface area contributed by atoms with E-state index in [2.05, 4.69) is 10.3 Å². The van der Waals surface area contributed by atoms with Gasteiger partial charge in [0.25, 0.3) is 5.56 Å². The van der Waals surface area contributed by atoms with E-state index in [-0.39, 0.29) is 25.4 Å². The third-order valence-electron chi connectivity index (χ3n) is 4.84. The normalized spacial score (nSPS) is 12.3. The molecule has 1 aliphatic rings. The van der Waals surface area contributed by atoms with Gasteiger partial charge in [-0.2, -0.15) is 0 Å². The molecular formula is C21H16N4O5S. The van der Waals surface area contributed by atoms with Crippen molar-refractivity contribution in [3.8, 4) is 11.5 Å². The topological polar surface area (TPSA) is 104 Å². The predicted molar refractivity (Wildman–Crippen MR) is 115 cm³/mol. The van der Waals surface area contributed by atoms with E-state index in [4.69, 9.17) is 9.47 Å². The second-order valence-corrected chi connectivity index (χ2v) is 7.86. The minimum atomic E-state index is -0.570. The van der Waals surface area contributed by atoms with Gasteiger partial charge in [-0.1, -0.05) is 6.07 Å². The van der Waals surface area contributed by atoms with E-state index < -0.39 is 17.2 Å². The van der Waals surface area contributed by atoms with Crippen molar-refractivity contribution in [3.05, 3.63) is 79.8 Å². The smallest absolute Gasteiger partial charge is 0.332 e. The van der Waals surface area contributed by atoms with E-state index in [9.17, 15) is 14.4 Å². The zero-order valence-corrected chi connectivity index (χ0v) is 16.9. The number of nitrogens with one attached hydrogen (secondary N) is 1. The molecule has 0 spiro atoms. The Bertz CT molecular complexity index is 1410. The Morgan fingerprint density at radius 2 is 1.97 bits per heavy atom. The molecule has 1 aliphatic heterocycles. The van der Waals surface area contributed by atoms with Gasteiger partial charge in [-0.05, 0) is 35.7 Å². The summed E-state index contributed by atoms with van der Waals surface area (Å²) in [7, 11) is 0. The molecule has 0 aliphatic carbocycles. The minimum Gasteiger partial charge on any atom is -0.454 e. The highest BCUT2D eigenvalue weighted by Gasteiger charge is 2.18. The number of amides is 1. The lowest BCUT2D eigenvalue weighted by Gasteiger charge is -2.13. The van der Waals surface area contributed by atoms with Crippen LogP contribution in [0.25, 0.3) is 11.0 Å². The molecule has 0 bridgehead atoms. The van der Waals surface area contributed by atoms with Gasteiger partial charge in [-0.3, -0.25) is 18.7 Å². The number of carbonyl (C=O) groups excluding carboxylic acids is 1. The molecule has 0 atom stereocenters. The van der Waals surface area contributed by atoms with Gasteiger partial charge in [0.2, 0.25) is 12.7 Å². The number of fused-ring (bicyclic) bond motifs is 2. The summed E-state index contributed by atoms with van der Waals surface area (Å²) in [5.74, 6) is 0.716. The lowest BCUT2D eigenvalue weighted by Crippen LogP contribution is -2.42. The number of aromatic nitrogens is 3. The van der Waals surface area contributed by atoms with Gasteiger partial charge >= 0.3 is 5.69 Å². The van der Waals surface area contributed by atoms with Crippen LogP contribution in [0, 0.1) is 0 Å². The molecule has 0 fully saturated rings. The molecule has 156 valence electrons. The molecule has 5 rings (SSSR count). The van der Waals surface area contributed by atoms with Gasteiger partial charge in [0.15, 0.2) is 17.0 Å². The van der Waals surface area contributed by atoms with Crippen LogP contribution in [0.2, 0.25) is 0 Å². The molecule has 1 aromatic carbocycles. The van der Waals surface area contributed by atoms with E-state index >= 15 is 0 Å². The van der Waals surface area contributed by atoms with Gasteiger partial charge in [0, 0.05) is 22.8 Å². The Morgan fingerprint density at radius 3 is 2.81 bits per heavy atom. The van der Waals surface area contributed by atoms with Crippen LogP contribution in [0.3, 0.4) is 0 Å². The summed E-state index contributed by atoms with van der Waals surface area (Å²) in [5.41, 5.74) is -0.104. The number of carbonyl (C=O) groups is 1. The van der Waals surface area contributed by atoms with Crippen molar-refractivity contribution in [2.75, 3.05) is 12.1 Å². The maximum Gasteiger partial charge on any atom is 0.332 e. The Morgan fingerprint density at radius 1 is 1.10 bits per heavy atom. The maximum atomic E-state index is 13.2. The number of benzene rings is 1. The first-order valence-corrected chi connectivity index (χ1v) is 10.3. The SMILES string of the molecule is O=C(Cn1c(=O)n(Cc2cccs2)c(=O)c2ncccc21)Nc1ccc2c(c1)OCO2. The van der Waals surface area contributed by atoms with Gasteiger partial charge in [0.1, 0.15) is 6.54 Å². The number of hydrogen-bond donors (Lipinski definition) is 1. The largest absolute Gasteiger partial charge is 0.454 e. The number of hydrogen-bond acceptors (Lipinski definition) is 7. The number of rotatable bonds is 5. The molecule has 31 heavy (non-hydrogen) atoms. The molecule has 4 heterocycles. The summed E-state index contributed by atoms with van der Waals surface area (Å²) in [5, 5.41) is 4.62. The third kappa shape index (κ3) is 3.57. The van der Waals surface area contributed by atoms with Crippen molar-refractivity contribution in [1.82, 2.24) is 14.1 Å². The number of anilines is 1. The van der Waals surface area contributed by atoms with Gasteiger partial charge < -0.3 is 14.8 Å². The Hall–Kier alpha value is -3.92. The number of thiophene rings is 1. The van der Waals surface area contributed by atoms with Crippen LogP contribution in [0.4, 0.5) is 5.69 Å². The van der Waals surface area contributed by atoms with Crippen molar-refractivity contribution in [2.45, 2.75) is 13.1 Å². The average Bonchev–Trinajstić information content (AvgIpc) is 3.45. The Balaban J connectivity index is 1.50. The number of nitrogens with zero attached hydrogens (tertiary/aromatic N) is 3.